The van der Waals surface area contributed by atoms with Crippen molar-refractivity contribution in [3.63, 3.8) is 0 Å². The van der Waals surface area contributed by atoms with Crippen molar-refractivity contribution in [1.29, 1.82) is 0 Å². The quantitative estimate of drug-likeness (QED) is 0.660. The predicted molar refractivity (Wildman–Crippen MR) is 103 cm³/mol. The van der Waals surface area contributed by atoms with Crippen LogP contribution in [0.3, 0.4) is 0 Å². The zero-order chi connectivity index (χ0) is 19.4. The van der Waals surface area contributed by atoms with Gasteiger partial charge in [0.2, 0.25) is 5.88 Å². The van der Waals surface area contributed by atoms with Gasteiger partial charge < -0.3 is 20.5 Å². The fraction of sp³-hybridized carbons (Fsp3) is 0.150. The molecule has 2 aromatic carbocycles. The summed E-state index contributed by atoms with van der Waals surface area (Å²) in [5, 5.41) is 3.22. The van der Waals surface area contributed by atoms with E-state index in [4.69, 9.17) is 10.5 Å². The summed E-state index contributed by atoms with van der Waals surface area (Å²) in [5.74, 6) is 0.761. The van der Waals surface area contributed by atoms with E-state index in [0.29, 0.717) is 17.1 Å². The molecule has 138 valence electrons. The molecule has 0 aliphatic heterocycles. The van der Waals surface area contributed by atoms with Crippen LogP contribution in [0.15, 0.2) is 48.8 Å². The maximum atomic E-state index is 11.5. The number of benzene rings is 2. The Hall–Kier alpha value is -3.61. The third kappa shape index (κ3) is 3.98. The number of aromatic nitrogens is 2. The largest absolute Gasteiger partial charge is 0.465 e. The van der Waals surface area contributed by atoms with Crippen molar-refractivity contribution in [2.75, 3.05) is 18.2 Å². The van der Waals surface area contributed by atoms with Gasteiger partial charge in [0.1, 0.15) is 17.8 Å². The first kappa shape index (κ1) is 18.2. The monoisotopic (exact) mass is 364 g/mol. The third-order valence-electron chi connectivity index (χ3n) is 4.19. The van der Waals surface area contributed by atoms with Crippen LogP contribution in [0.4, 0.5) is 17.2 Å². The molecule has 0 saturated heterocycles. The molecule has 1 aromatic heterocycles. The Morgan fingerprint density at radius 2 is 1.81 bits per heavy atom. The molecule has 7 nitrogen and oxygen atoms in total. The second-order valence-corrected chi connectivity index (χ2v) is 5.93. The van der Waals surface area contributed by atoms with Crippen LogP contribution in [0.1, 0.15) is 21.5 Å². The van der Waals surface area contributed by atoms with E-state index >= 15 is 0 Å². The fourth-order valence-corrected chi connectivity index (χ4v) is 2.46. The highest BCUT2D eigenvalue weighted by Gasteiger charge is 2.12. The predicted octanol–water partition coefficient (Wildman–Crippen LogP) is 4.00. The molecule has 1 heterocycles. The number of methoxy groups -OCH3 is 1. The van der Waals surface area contributed by atoms with E-state index in [1.54, 1.807) is 24.3 Å². The number of carbonyl (C=O) groups is 1. The van der Waals surface area contributed by atoms with Crippen molar-refractivity contribution in [2.45, 2.75) is 13.8 Å². The third-order valence-corrected chi connectivity index (χ3v) is 4.19. The van der Waals surface area contributed by atoms with E-state index in [1.807, 2.05) is 32.0 Å². The molecule has 0 aliphatic carbocycles. The number of aryl methyl sites for hydroxylation is 1. The maximum Gasteiger partial charge on any atom is 0.337 e. The Morgan fingerprint density at radius 1 is 1.07 bits per heavy atom. The van der Waals surface area contributed by atoms with Crippen LogP contribution in [0.25, 0.3) is 0 Å². The van der Waals surface area contributed by atoms with Gasteiger partial charge in [-0.1, -0.05) is 12.1 Å². The second kappa shape index (κ2) is 7.74. The number of anilines is 3. The minimum atomic E-state index is -0.414. The molecule has 0 unspecified atom stereocenters. The van der Waals surface area contributed by atoms with Crippen molar-refractivity contribution in [3.05, 3.63) is 65.5 Å². The molecule has 7 heteroatoms. The first-order valence-corrected chi connectivity index (χ1v) is 8.29. The number of rotatable bonds is 5. The Kier molecular flexibility index (Phi) is 5.21. The van der Waals surface area contributed by atoms with E-state index in [1.165, 1.54) is 13.4 Å². The van der Waals surface area contributed by atoms with Crippen LogP contribution in [-0.2, 0) is 4.74 Å². The molecular formula is C20H20N4O3. The van der Waals surface area contributed by atoms with E-state index in [0.717, 1.165) is 16.8 Å². The maximum absolute atomic E-state index is 11.5. The Balaban J connectivity index is 1.82. The molecule has 3 aromatic rings. The zero-order valence-corrected chi connectivity index (χ0v) is 15.3. The molecule has 0 aliphatic rings. The molecule has 0 fully saturated rings. The average molecular weight is 364 g/mol. The lowest BCUT2D eigenvalue weighted by molar-refractivity contribution is 0.0600. The van der Waals surface area contributed by atoms with Crippen molar-refractivity contribution >= 4 is 23.2 Å². The molecular weight excluding hydrogens is 344 g/mol. The Bertz CT molecular complexity index is 971. The summed E-state index contributed by atoms with van der Waals surface area (Å²) in [6.45, 7) is 4.06. The van der Waals surface area contributed by atoms with E-state index in [2.05, 4.69) is 20.0 Å². The van der Waals surface area contributed by atoms with Gasteiger partial charge in [-0.15, -0.1) is 0 Å². The highest BCUT2D eigenvalue weighted by atomic mass is 16.5. The van der Waals surface area contributed by atoms with Crippen LogP contribution < -0.4 is 15.8 Å². The molecule has 0 spiro atoms. The van der Waals surface area contributed by atoms with E-state index < -0.39 is 5.97 Å². The SMILES string of the molecule is COC(=O)c1ccc(Oc2ncnc(Nc3cccc(C)c3C)c2N)cc1. The number of hydrogen-bond donors (Lipinski definition) is 2. The van der Waals surface area contributed by atoms with Crippen molar-refractivity contribution in [2.24, 2.45) is 0 Å². The number of nitrogens with one attached hydrogen (secondary N) is 1. The lowest BCUT2D eigenvalue weighted by atomic mass is 10.1. The van der Waals surface area contributed by atoms with Crippen LogP contribution in [0.2, 0.25) is 0 Å². The molecule has 3 N–H and O–H groups in total. The van der Waals surface area contributed by atoms with Crippen LogP contribution in [0, 0.1) is 13.8 Å². The van der Waals surface area contributed by atoms with Gasteiger partial charge in [0, 0.05) is 5.69 Å². The number of nitrogens with two attached hydrogens (primary N) is 1. The lowest BCUT2D eigenvalue weighted by Gasteiger charge is -2.14. The normalized spacial score (nSPS) is 10.3. The highest BCUT2D eigenvalue weighted by molar-refractivity contribution is 5.89. The molecule has 0 radical (unpaired) electrons. The standard InChI is InChI=1S/C20H20N4O3/c1-12-5-4-6-16(13(12)2)24-18-17(21)19(23-11-22-18)27-15-9-7-14(8-10-15)20(25)26-3/h4-11H,21H2,1-3H3,(H,22,23,24). The van der Waals surface area contributed by atoms with E-state index in [-0.39, 0.29) is 11.6 Å². The second-order valence-electron chi connectivity index (χ2n) is 5.93. The highest BCUT2D eigenvalue weighted by Crippen LogP contribution is 2.32. The van der Waals surface area contributed by atoms with Crippen LogP contribution in [0.5, 0.6) is 11.6 Å². The number of carbonyl (C=O) groups excluding carboxylic acids is 1. The molecule has 0 saturated carbocycles. The number of nitrogen functional groups attached to an aromatic ring is 1. The molecule has 0 bridgehead atoms. The summed E-state index contributed by atoms with van der Waals surface area (Å²) in [6, 6.07) is 12.5. The molecule has 0 atom stereocenters. The van der Waals surface area contributed by atoms with Crippen molar-refractivity contribution in [3.8, 4) is 11.6 Å². The summed E-state index contributed by atoms with van der Waals surface area (Å²) >= 11 is 0. The van der Waals surface area contributed by atoms with Gasteiger partial charge in [-0.25, -0.2) is 9.78 Å². The number of ether oxygens (including phenoxy) is 2. The van der Waals surface area contributed by atoms with Gasteiger partial charge in [0.15, 0.2) is 5.82 Å². The fourth-order valence-electron chi connectivity index (χ4n) is 2.46. The van der Waals surface area contributed by atoms with E-state index in [9.17, 15) is 4.79 Å². The van der Waals surface area contributed by atoms with Crippen LogP contribution in [-0.4, -0.2) is 23.0 Å². The first-order chi connectivity index (χ1) is 13.0. The van der Waals surface area contributed by atoms with Gasteiger partial charge in [-0.05, 0) is 55.3 Å². The van der Waals surface area contributed by atoms with Gasteiger partial charge in [0.05, 0.1) is 12.7 Å². The molecule has 27 heavy (non-hydrogen) atoms. The van der Waals surface area contributed by atoms with Gasteiger partial charge in [-0.3, -0.25) is 0 Å². The van der Waals surface area contributed by atoms with Crippen molar-refractivity contribution in [1.82, 2.24) is 9.97 Å². The number of nitrogens with zero attached hydrogens (tertiary/aromatic N) is 2. The summed E-state index contributed by atoms with van der Waals surface area (Å²) < 4.78 is 10.4. The summed E-state index contributed by atoms with van der Waals surface area (Å²) in [4.78, 5) is 19.8. The Labute approximate surface area is 157 Å². The summed E-state index contributed by atoms with van der Waals surface area (Å²) in [5.41, 5.74) is 10.1. The topological polar surface area (TPSA) is 99.4 Å². The number of hydrogen-bond acceptors (Lipinski definition) is 7. The first-order valence-electron chi connectivity index (χ1n) is 8.29. The Morgan fingerprint density at radius 3 is 2.52 bits per heavy atom. The molecule has 3 rings (SSSR count). The van der Waals surface area contributed by atoms with Crippen molar-refractivity contribution < 1.29 is 14.3 Å². The summed E-state index contributed by atoms with van der Waals surface area (Å²) in [6.07, 6.45) is 1.38. The smallest absolute Gasteiger partial charge is 0.337 e. The average Bonchev–Trinajstić information content (AvgIpc) is 2.68. The molecule has 0 amide bonds. The minimum absolute atomic E-state index is 0.226. The number of esters is 1. The minimum Gasteiger partial charge on any atom is -0.465 e. The lowest BCUT2D eigenvalue weighted by Crippen LogP contribution is -2.04. The summed E-state index contributed by atoms with van der Waals surface area (Å²) in [7, 11) is 1.33. The van der Waals surface area contributed by atoms with Gasteiger partial charge in [0.25, 0.3) is 0 Å². The zero-order valence-electron chi connectivity index (χ0n) is 15.3. The van der Waals surface area contributed by atoms with Gasteiger partial charge in [-0.2, -0.15) is 4.98 Å². The van der Waals surface area contributed by atoms with Gasteiger partial charge >= 0.3 is 5.97 Å². The van der Waals surface area contributed by atoms with Crippen LogP contribution >= 0.6 is 0 Å².